The summed E-state index contributed by atoms with van der Waals surface area (Å²) >= 11 is 0. The van der Waals surface area contributed by atoms with Gasteiger partial charge in [0.25, 0.3) is 0 Å². The van der Waals surface area contributed by atoms with Crippen molar-refractivity contribution in [2.75, 3.05) is 13.2 Å². The Kier molecular flexibility index (Phi) is 6.79. The highest BCUT2D eigenvalue weighted by Crippen LogP contribution is 2.42. The van der Waals surface area contributed by atoms with Crippen LogP contribution in [0.15, 0.2) is 0 Å². The van der Waals surface area contributed by atoms with Gasteiger partial charge in [-0.1, -0.05) is 13.8 Å². The maximum atomic E-state index is 12.4. The average Bonchev–Trinajstić information content (AvgIpc) is 2.35. The molecule has 0 bridgehead atoms. The summed E-state index contributed by atoms with van der Waals surface area (Å²) in [7, 11) is 0. The van der Waals surface area contributed by atoms with E-state index < -0.39 is 27.8 Å². The zero-order valence-corrected chi connectivity index (χ0v) is 13.6. The molecule has 0 aromatic carbocycles. The minimum atomic E-state index is -1.96. The van der Waals surface area contributed by atoms with Crippen LogP contribution in [0.25, 0.3) is 0 Å². The normalized spacial score (nSPS) is 12.1. The molecule has 0 saturated carbocycles. The van der Waals surface area contributed by atoms with Crippen LogP contribution in [-0.4, -0.2) is 35.6 Å². The summed E-state index contributed by atoms with van der Waals surface area (Å²) in [5.74, 6) is -1.93. The lowest BCUT2D eigenvalue weighted by Gasteiger charge is -2.36. The maximum absolute atomic E-state index is 12.4. The van der Waals surface area contributed by atoms with Crippen molar-refractivity contribution in [2.24, 2.45) is 11.3 Å². The van der Waals surface area contributed by atoms with Crippen LogP contribution in [0.5, 0.6) is 0 Å². The van der Waals surface area contributed by atoms with Gasteiger partial charge in [-0.2, -0.15) is 0 Å². The molecule has 0 unspecified atom stereocenters. The molecule has 21 heavy (non-hydrogen) atoms. The van der Waals surface area contributed by atoms with Gasteiger partial charge in [-0.3, -0.25) is 19.7 Å². The Morgan fingerprint density at radius 3 is 1.71 bits per heavy atom. The number of ether oxygens (including phenoxy) is 2. The molecule has 122 valence electrons. The van der Waals surface area contributed by atoms with Crippen LogP contribution >= 0.6 is 0 Å². The topological polar surface area (TPSA) is 95.7 Å². The Hall–Kier alpha value is -1.66. The first-order chi connectivity index (χ1) is 9.57. The molecular formula is C14H25NO6. The summed E-state index contributed by atoms with van der Waals surface area (Å²) in [6, 6.07) is 0. The number of rotatable bonds is 8. The monoisotopic (exact) mass is 303 g/mol. The van der Waals surface area contributed by atoms with Gasteiger partial charge in [0, 0.05) is 18.8 Å². The van der Waals surface area contributed by atoms with Gasteiger partial charge in [-0.05, 0) is 26.2 Å². The Morgan fingerprint density at radius 2 is 1.48 bits per heavy atom. The first kappa shape index (κ1) is 19.3. The SMILES string of the molecule is CCOC(=O)C(CC(C)C)(C(=O)OCC)C(C)(C)[N+](=O)[O-]. The van der Waals surface area contributed by atoms with Crippen molar-refractivity contribution in [1.29, 1.82) is 0 Å². The van der Waals surface area contributed by atoms with E-state index in [-0.39, 0.29) is 25.6 Å². The van der Waals surface area contributed by atoms with Gasteiger partial charge >= 0.3 is 11.9 Å². The molecule has 7 nitrogen and oxygen atoms in total. The molecule has 0 spiro atoms. The quantitative estimate of drug-likeness (QED) is 0.295. The summed E-state index contributed by atoms with van der Waals surface area (Å²) in [6.07, 6.45) is -0.0152. The second-order valence-corrected chi connectivity index (χ2v) is 5.76. The number of hydrogen-bond acceptors (Lipinski definition) is 6. The highest BCUT2D eigenvalue weighted by atomic mass is 16.6. The third-order valence-electron chi connectivity index (χ3n) is 3.46. The van der Waals surface area contributed by atoms with Crippen molar-refractivity contribution in [3.8, 4) is 0 Å². The highest BCUT2D eigenvalue weighted by molar-refractivity contribution is 6.01. The van der Waals surface area contributed by atoms with Crippen molar-refractivity contribution in [1.82, 2.24) is 0 Å². The van der Waals surface area contributed by atoms with Crippen LogP contribution in [-0.2, 0) is 19.1 Å². The van der Waals surface area contributed by atoms with E-state index in [0.29, 0.717) is 0 Å². The molecule has 7 heteroatoms. The summed E-state index contributed by atoms with van der Waals surface area (Å²) in [6.45, 7) is 9.31. The smallest absolute Gasteiger partial charge is 0.331 e. The van der Waals surface area contributed by atoms with Crippen LogP contribution in [0.4, 0.5) is 0 Å². The molecule has 0 aliphatic carbocycles. The van der Waals surface area contributed by atoms with E-state index in [2.05, 4.69) is 0 Å². The lowest BCUT2D eigenvalue weighted by atomic mass is 9.66. The molecule has 0 N–H and O–H groups in total. The van der Waals surface area contributed by atoms with Crippen LogP contribution < -0.4 is 0 Å². The van der Waals surface area contributed by atoms with Gasteiger partial charge in [0.1, 0.15) is 0 Å². The first-order valence-electron chi connectivity index (χ1n) is 7.06. The van der Waals surface area contributed by atoms with Gasteiger partial charge in [0.2, 0.25) is 11.0 Å². The molecule has 0 aliphatic rings. The number of hydrogen-bond donors (Lipinski definition) is 0. The number of nitrogens with zero attached hydrogens (tertiary/aromatic N) is 1. The van der Waals surface area contributed by atoms with Gasteiger partial charge in [-0.15, -0.1) is 0 Å². The van der Waals surface area contributed by atoms with Crippen molar-refractivity contribution >= 4 is 11.9 Å². The van der Waals surface area contributed by atoms with Crippen LogP contribution in [0.2, 0.25) is 0 Å². The Bertz CT molecular complexity index is 384. The van der Waals surface area contributed by atoms with Crippen LogP contribution in [0.3, 0.4) is 0 Å². The molecule has 0 aromatic heterocycles. The van der Waals surface area contributed by atoms with Gasteiger partial charge in [-0.25, -0.2) is 0 Å². The third kappa shape index (κ3) is 3.71. The van der Waals surface area contributed by atoms with E-state index in [9.17, 15) is 19.7 Å². The van der Waals surface area contributed by atoms with E-state index in [0.717, 1.165) is 0 Å². The molecule has 0 aromatic rings. The van der Waals surface area contributed by atoms with Crippen molar-refractivity contribution in [2.45, 2.75) is 53.5 Å². The fourth-order valence-electron chi connectivity index (χ4n) is 2.28. The predicted molar refractivity (Wildman–Crippen MR) is 76.2 cm³/mol. The largest absolute Gasteiger partial charge is 0.465 e. The summed E-state index contributed by atoms with van der Waals surface area (Å²) in [5.41, 5.74) is -3.80. The highest BCUT2D eigenvalue weighted by Gasteiger charge is 2.67. The molecule has 0 radical (unpaired) electrons. The fraction of sp³-hybridized carbons (Fsp3) is 0.857. The standard InChI is InChI=1S/C14H25NO6/c1-7-20-11(16)14(9-10(3)4,12(17)21-8-2)13(5,6)15(18)19/h10H,7-9H2,1-6H3. The molecule has 0 atom stereocenters. The molecular weight excluding hydrogens is 278 g/mol. The Morgan fingerprint density at radius 1 is 1.10 bits per heavy atom. The first-order valence-corrected chi connectivity index (χ1v) is 7.06. The van der Waals surface area contributed by atoms with Crippen molar-refractivity contribution in [3.05, 3.63) is 10.1 Å². The van der Waals surface area contributed by atoms with Crippen molar-refractivity contribution in [3.63, 3.8) is 0 Å². The Balaban J connectivity index is 6.14. The van der Waals surface area contributed by atoms with E-state index in [1.54, 1.807) is 27.7 Å². The molecule has 0 heterocycles. The minimum Gasteiger partial charge on any atom is -0.465 e. The zero-order chi connectivity index (χ0) is 16.8. The van der Waals surface area contributed by atoms with Gasteiger partial charge in [0.15, 0.2) is 0 Å². The molecule has 0 aliphatic heterocycles. The Labute approximate surface area is 125 Å². The van der Waals surface area contributed by atoms with Crippen LogP contribution in [0, 0.1) is 21.4 Å². The lowest BCUT2D eigenvalue weighted by molar-refractivity contribution is -0.576. The predicted octanol–water partition coefficient (Wildman–Crippen LogP) is 2.20. The van der Waals surface area contributed by atoms with E-state index in [1.807, 2.05) is 0 Å². The van der Waals surface area contributed by atoms with Crippen LogP contribution in [0.1, 0.15) is 48.0 Å². The van der Waals surface area contributed by atoms with Crippen molar-refractivity contribution < 1.29 is 24.0 Å². The molecule has 0 saturated heterocycles. The summed E-state index contributed by atoms with van der Waals surface area (Å²) in [5, 5.41) is 11.5. The molecule has 0 amide bonds. The molecule has 0 fully saturated rings. The van der Waals surface area contributed by atoms with E-state index in [1.165, 1.54) is 13.8 Å². The number of nitro groups is 1. The van der Waals surface area contributed by atoms with Gasteiger partial charge in [0.05, 0.1) is 13.2 Å². The zero-order valence-electron chi connectivity index (χ0n) is 13.6. The number of carbonyl (C=O) groups excluding carboxylic acids is 2. The van der Waals surface area contributed by atoms with E-state index >= 15 is 0 Å². The average molecular weight is 303 g/mol. The lowest BCUT2D eigenvalue weighted by Crippen LogP contribution is -2.60. The fourth-order valence-corrected chi connectivity index (χ4v) is 2.28. The third-order valence-corrected chi connectivity index (χ3v) is 3.46. The summed E-state index contributed by atoms with van der Waals surface area (Å²) < 4.78 is 9.94. The number of carbonyl (C=O) groups is 2. The second-order valence-electron chi connectivity index (χ2n) is 5.76. The van der Waals surface area contributed by atoms with E-state index in [4.69, 9.17) is 9.47 Å². The second kappa shape index (κ2) is 7.38. The molecule has 0 rings (SSSR count). The maximum Gasteiger partial charge on any atom is 0.331 e. The van der Waals surface area contributed by atoms with Gasteiger partial charge < -0.3 is 9.47 Å². The summed E-state index contributed by atoms with van der Waals surface area (Å²) in [4.78, 5) is 35.7. The minimum absolute atomic E-state index is 0.0152. The number of esters is 2.